The average Bonchev–Trinajstić information content (AvgIpc) is 3.14. The van der Waals surface area contributed by atoms with Crippen LogP contribution in [0.4, 0.5) is 24.7 Å². The fourth-order valence-electron chi connectivity index (χ4n) is 3.53. The van der Waals surface area contributed by atoms with Crippen LogP contribution in [0.15, 0.2) is 48.5 Å². The van der Waals surface area contributed by atoms with Crippen LogP contribution in [0, 0.1) is 6.92 Å². The van der Waals surface area contributed by atoms with Crippen LogP contribution in [0.25, 0.3) is 0 Å². The molecule has 1 aliphatic heterocycles. The molecule has 2 aromatic carbocycles. The van der Waals surface area contributed by atoms with Crippen LogP contribution in [-0.4, -0.2) is 21.9 Å². The van der Waals surface area contributed by atoms with E-state index in [1.165, 1.54) is 6.07 Å². The number of aromatic nitrogens is 2. The normalized spacial score (nSPS) is 18.3. The Bertz CT molecular complexity index is 1130. The highest BCUT2D eigenvalue weighted by Gasteiger charge is 2.46. The first-order chi connectivity index (χ1) is 14.6. The van der Waals surface area contributed by atoms with Crippen LogP contribution in [0.2, 0.25) is 10.0 Å². The second-order valence-electron chi connectivity index (χ2n) is 7.27. The minimum atomic E-state index is -4.54. The van der Waals surface area contributed by atoms with E-state index in [2.05, 4.69) is 15.7 Å². The number of fused-ring (bicyclic) bond motifs is 1. The number of nitrogens with zero attached hydrogens (tertiary/aromatic N) is 2. The fraction of sp³-hybridized carbons (Fsp3) is 0.238. The van der Waals surface area contributed by atoms with Gasteiger partial charge in [-0.25, -0.2) is 4.68 Å². The highest BCUT2D eigenvalue weighted by molar-refractivity contribution is 6.31. The molecule has 0 bridgehead atoms. The molecule has 31 heavy (non-hydrogen) atoms. The molecule has 1 aliphatic rings. The summed E-state index contributed by atoms with van der Waals surface area (Å²) in [4.78, 5) is 12.7. The quantitative estimate of drug-likeness (QED) is 0.466. The Labute approximate surface area is 186 Å². The zero-order chi connectivity index (χ0) is 22.3. The van der Waals surface area contributed by atoms with Crippen LogP contribution >= 0.6 is 23.2 Å². The zero-order valence-corrected chi connectivity index (χ0v) is 17.7. The Kier molecular flexibility index (Phi) is 5.61. The molecule has 1 amide bonds. The van der Waals surface area contributed by atoms with Gasteiger partial charge in [-0.3, -0.25) is 4.79 Å². The second-order valence-corrected chi connectivity index (χ2v) is 8.11. The van der Waals surface area contributed by atoms with Crippen LogP contribution in [0.5, 0.6) is 0 Å². The van der Waals surface area contributed by atoms with Crippen molar-refractivity contribution >= 4 is 40.6 Å². The number of amides is 1. The molecule has 2 heterocycles. The number of hydrogen-bond acceptors (Lipinski definition) is 3. The lowest BCUT2D eigenvalue weighted by atomic mass is 9.97. The molecule has 10 heteroatoms. The summed E-state index contributed by atoms with van der Waals surface area (Å²) in [5.41, 5.74) is 1.64. The van der Waals surface area contributed by atoms with Crippen molar-refractivity contribution < 1.29 is 18.0 Å². The van der Waals surface area contributed by atoms with Crippen molar-refractivity contribution in [2.24, 2.45) is 0 Å². The number of hydrogen-bond donors (Lipinski definition) is 2. The lowest BCUT2D eigenvalue weighted by Crippen LogP contribution is -2.35. The van der Waals surface area contributed by atoms with Gasteiger partial charge in [-0.05, 0) is 42.3 Å². The van der Waals surface area contributed by atoms with Gasteiger partial charge >= 0.3 is 6.18 Å². The first-order valence-corrected chi connectivity index (χ1v) is 10.1. The topological polar surface area (TPSA) is 59.0 Å². The van der Waals surface area contributed by atoms with Gasteiger partial charge in [0.2, 0.25) is 0 Å². The monoisotopic (exact) mass is 468 g/mol. The van der Waals surface area contributed by atoms with Crippen LogP contribution < -0.4 is 10.6 Å². The SMILES string of the molecule is Cc1c(Cl)cccc1NC(=O)c1cc2n(n1)[C@@H](C(F)(F)F)C[C@@H](c1ccc(Cl)cc1)N2. The number of anilines is 2. The van der Waals surface area contributed by atoms with E-state index >= 15 is 0 Å². The third kappa shape index (κ3) is 4.36. The molecule has 0 aliphatic carbocycles. The molecule has 0 radical (unpaired) electrons. The van der Waals surface area contributed by atoms with Crippen molar-refractivity contribution in [2.45, 2.75) is 31.6 Å². The standard InChI is InChI=1S/C21H17Cl2F3N4O/c1-11-14(23)3-2-4-15(11)28-20(31)17-10-19-27-16(12-5-7-13(22)8-6-12)9-18(21(24,25)26)30(19)29-17/h2-8,10,16,18,27H,9H2,1H3,(H,28,31)/t16-,18+/m0/s1. The second kappa shape index (κ2) is 8.09. The van der Waals surface area contributed by atoms with Gasteiger partial charge in [0.25, 0.3) is 5.91 Å². The number of nitrogens with one attached hydrogen (secondary N) is 2. The summed E-state index contributed by atoms with van der Waals surface area (Å²) in [6, 6.07) is 10.4. The summed E-state index contributed by atoms with van der Waals surface area (Å²) in [6.45, 7) is 1.73. The van der Waals surface area contributed by atoms with E-state index in [0.29, 0.717) is 26.9 Å². The summed E-state index contributed by atoms with van der Waals surface area (Å²) in [5, 5.41) is 10.6. The van der Waals surface area contributed by atoms with E-state index in [1.807, 2.05) is 0 Å². The van der Waals surface area contributed by atoms with Crippen molar-refractivity contribution in [3.63, 3.8) is 0 Å². The Balaban J connectivity index is 1.65. The Morgan fingerprint density at radius 2 is 1.90 bits per heavy atom. The number of halogens is 5. The van der Waals surface area contributed by atoms with Gasteiger partial charge in [0.15, 0.2) is 11.7 Å². The molecule has 2 atom stereocenters. The van der Waals surface area contributed by atoms with E-state index in [-0.39, 0.29) is 17.9 Å². The highest BCUT2D eigenvalue weighted by atomic mass is 35.5. The summed E-state index contributed by atoms with van der Waals surface area (Å²) in [5.74, 6) is -0.514. The van der Waals surface area contributed by atoms with Crippen molar-refractivity contribution in [3.05, 3.63) is 75.4 Å². The molecule has 3 aromatic rings. The Morgan fingerprint density at radius 3 is 2.58 bits per heavy atom. The maximum absolute atomic E-state index is 13.8. The molecule has 5 nitrogen and oxygen atoms in total. The molecule has 0 saturated heterocycles. The fourth-order valence-corrected chi connectivity index (χ4v) is 3.83. The molecular formula is C21H17Cl2F3N4O. The van der Waals surface area contributed by atoms with Gasteiger partial charge in [0.05, 0.1) is 6.04 Å². The maximum Gasteiger partial charge on any atom is 0.410 e. The predicted molar refractivity (Wildman–Crippen MR) is 114 cm³/mol. The third-order valence-electron chi connectivity index (χ3n) is 5.21. The average molecular weight is 469 g/mol. The first-order valence-electron chi connectivity index (χ1n) is 9.38. The van der Waals surface area contributed by atoms with Crippen LogP contribution in [0.3, 0.4) is 0 Å². The summed E-state index contributed by atoms with van der Waals surface area (Å²) in [7, 11) is 0. The number of rotatable bonds is 3. The smallest absolute Gasteiger partial charge is 0.363 e. The van der Waals surface area contributed by atoms with Crippen molar-refractivity contribution in [1.29, 1.82) is 0 Å². The van der Waals surface area contributed by atoms with E-state index in [0.717, 1.165) is 4.68 Å². The molecule has 4 rings (SSSR count). The largest absolute Gasteiger partial charge is 0.410 e. The molecule has 0 fully saturated rings. The van der Waals surface area contributed by atoms with Gasteiger partial charge in [-0.15, -0.1) is 0 Å². The van der Waals surface area contributed by atoms with Crippen LogP contribution in [-0.2, 0) is 0 Å². The van der Waals surface area contributed by atoms with Crippen LogP contribution in [0.1, 0.15) is 40.1 Å². The van der Waals surface area contributed by atoms with E-state index in [1.54, 1.807) is 49.4 Å². The molecule has 0 spiro atoms. The first kappa shape index (κ1) is 21.5. The molecule has 1 aromatic heterocycles. The van der Waals surface area contributed by atoms with Gasteiger partial charge in [-0.2, -0.15) is 18.3 Å². The van der Waals surface area contributed by atoms with Crippen molar-refractivity contribution in [1.82, 2.24) is 9.78 Å². The number of benzene rings is 2. The van der Waals surface area contributed by atoms with E-state index in [9.17, 15) is 18.0 Å². The molecule has 0 saturated carbocycles. The van der Waals surface area contributed by atoms with Crippen molar-refractivity contribution in [2.75, 3.05) is 10.6 Å². The zero-order valence-electron chi connectivity index (χ0n) is 16.2. The molecular weight excluding hydrogens is 452 g/mol. The number of carbonyl (C=O) groups is 1. The van der Waals surface area contributed by atoms with Crippen molar-refractivity contribution in [3.8, 4) is 0 Å². The van der Waals surface area contributed by atoms with Gasteiger partial charge in [0.1, 0.15) is 5.82 Å². The highest BCUT2D eigenvalue weighted by Crippen LogP contribution is 2.43. The lowest BCUT2D eigenvalue weighted by molar-refractivity contribution is -0.173. The minimum absolute atomic E-state index is 0.112. The molecule has 162 valence electrons. The Morgan fingerprint density at radius 1 is 1.19 bits per heavy atom. The number of alkyl halides is 3. The van der Waals surface area contributed by atoms with Gasteiger partial charge in [-0.1, -0.05) is 41.4 Å². The predicted octanol–water partition coefficient (Wildman–Crippen LogP) is 6.41. The summed E-state index contributed by atoms with van der Waals surface area (Å²) >= 11 is 12.0. The minimum Gasteiger partial charge on any atom is -0.363 e. The molecule has 0 unspecified atom stereocenters. The molecule has 2 N–H and O–H groups in total. The lowest BCUT2D eigenvalue weighted by Gasteiger charge is -2.33. The van der Waals surface area contributed by atoms with Gasteiger partial charge < -0.3 is 10.6 Å². The summed E-state index contributed by atoms with van der Waals surface area (Å²) in [6.07, 6.45) is -4.81. The number of carbonyl (C=O) groups excluding carboxylic acids is 1. The van der Waals surface area contributed by atoms with E-state index < -0.39 is 24.2 Å². The van der Waals surface area contributed by atoms with E-state index in [4.69, 9.17) is 23.2 Å². The van der Waals surface area contributed by atoms with Gasteiger partial charge in [0, 0.05) is 28.2 Å². The Hall–Kier alpha value is -2.71. The maximum atomic E-state index is 13.8. The summed E-state index contributed by atoms with van der Waals surface area (Å²) < 4.78 is 42.2. The third-order valence-corrected chi connectivity index (χ3v) is 5.87.